The molecule has 0 saturated carbocycles. The van der Waals surface area contributed by atoms with Crippen molar-refractivity contribution in [1.29, 1.82) is 0 Å². The van der Waals surface area contributed by atoms with Crippen molar-refractivity contribution in [2.75, 3.05) is 19.8 Å². The SMILES string of the molecule is C=CCN1C(=O)/C(=C/c2ccc(OCCOc3ccc([N+](=O)[O-])cc3)cc2)SC1=S. The van der Waals surface area contributed by atoms with Crippen LogP contribution in [-0.4, -0.2) is 39.8 Å². The molecule has 7 nitrogen and oxygen atoms in total. The number of nitrogens with zero attached hydrogens (tertiary/aromatic N) is 2. The van der Waals surface area contributed by atoms with Crippen LogP contribution in [0.15, 0.2) is 66.1 Å². The first-order chi connectivity index (χ1) is 14.5. The second-order valence-electron chi connectivity index (χ2n) is 6.10. The lowest BCUT2D eigenvalue weighted by Crippen LogP contribution is -2.27. The lowest BCUT2D eigenvalue weighted by Gasteiger charge is -2.10. The Hall–Kier alpha value is -3.17. The molecule has 0 aromatic heterocycles. The summed E-state index contributed by atoms with van der Waals surface area (Å²) in [6.45, 7) is 4.65. The Morgan fingerprint density at radius 2 is 1.63 bits per heavy atom. The third-order valence-electron chi connectivity index (χ3n) is 4.03. The number of nitro groups is 1. The van der Waals surface area contributed by atoms with Crippen LogP contribution in [0.5, 0.6) is 11.5 Å². The molecule has 0 atom stereocenters. The number of thioether (sulfide) groups is 1. The molecule has 0 unspecified atom stereocenters. The van der Waals surface area contributed by atoms with E-state index in [2.05, 4.69) is 6.58 Å². The van der Waals surface area contributed by atoms with Crippen LogP contribution in [0.25, 0.3) is 6.08 Å². The molecule has 154 valence electrons. The lowest BCUT2D eigenvalue weighted by atomic mass is 10.2. The first kappa shape index (κ1) is 21.5. The van der Waals surface area contributed by atoms with E-state index < -0.39 is 4.92 Å². The Morgan fingerprint density at radius 1 is 1.07 bits per heavy atom. The molecule has 1 amide bonds. The zero-order valence-corrected chi connectivity index (χ0v) is 17.5. The van der Waals surface area contributed by atoms with Crippen molar-refractivity contribution in [3.05, 3.63) is 81.8 Å². The highest BCUT2D eigenvalue weighted by molar-refractivity contribution is 8.26. The van der Waals surface area contributed by atoms with E-state index in [4.69, 9.17) is 21.7 Å². The maximum Gasteiger partial charge on any atom is 0.269 e. The summed E-state index contributed by atoms with van der Waals surface area (Å²) in [4.78, 5) is 24.6. The molecule has 0 bridgehead atoms. The number of carbonyl (C=O) groups excluding carboxylic acids is 1. The van der Waals surface area contributed by atoms with E-state index in [0.29, 0.717) is 40.5 Å². The van der Waals surface area contributed by atoms with Crippen molar-refractivity contribution < 1.29 is 19.2 Å². The maximum atomic E-state index is 12.4. The van der Waals surface area contributed by atoms with Crippen LogP contribution < -0.4 is 9.47 Å². The monoisotopic (exact) mass is 442 g/mol. The van der Waals surface area contributed by atoms with Crippen LogP contribution in [0, 0.1) is 10.1 Å². The normalized spacial score (nSPS) is 14.8. The third kappa shape index (κ3) is 5.46. The van der Waals surface area contributed by atoms with Crippen molar-refractivity contribution >= 4 is 46.0 Å². The number of ether oxygens (including phenoxy) is 2. The van der Waals surface area contributed by atoms with Crippen molar-refractivity contribution in [2.24, 2.45) is 0 Å². The zero-order chi connectivity index (χ0) is 21.5. The Labute approximate surface area is 183 Å². The minimum atomic E-state index is -0.459. The van der Waals surface area contributed by atoms with Gasteiger partial charge in [0.2, 0.25) is 0 Å². The third-order valence-corrected chi connectivity index (χ3v) is 5.41. The van der Waals surface area contributed by atoms with Crippen LogP contribution in [-0.2, 0) is 4.79 Å². The smallest absolute Gasteiger partial charge is 0.269 e. The van der Waals surface area contributed by atoms with E-state index in [-0.39, 0.29) is 11.6 Å². The topological polar surface area (TPSA) is 81.9 Å². The zero-order valence-electron chi connectivity index (χ0n) is 15.9. The number of rotatable bonds is 9. The van der Waals surface area contributed by atoms with Gasteiger partial charge in [-0.25, -0.2) is 0 Å². The number of non-ortho nitro benzene ring substituents is 1. The molecule has 1 saturated heterocycles. The van der Waals surface area contributed by atoms with Crippen LogP contribution in [0.1, 0.15) is 5.56 Å². The van der Waals surface area contributed by atoms with Crippen LogP contribution >= 0.6 is 24.0 Å². The molecule has 1 aliphatic heterocycles. The van der Waals surface area contributed by atoms with Crippen molar-refractivity contribution in [2.45, 2.75) is 0 Å². The number of nitro benzene ring substituents is 1. The Bertz CT molecular complexity index is 987. The fourth-order valence-electron chi connectivity index (χ4n) is 2.58. The Balaban J connectivity index is 1.49. The molecule has 3 rings (SSSR count). The molecule has 2 aromatic rings. The van der Waals surface area contributed by atoms with Crippen molar-refractivity contribution in [3.63, 3.8) is 0 Å². The first-order valence-corrected chi connectivity index (χ1v) is 10.2. The molecular formula is C21H18N2O5S2. The number of thiocarbonyl (C=S) groups is 1. The van der Waals surface area contributed by atoms with E-state index in [0.717, 1.165) is 5.56 Å². The van der Waals surface area contributed by atoms with E-state index in [1.807, 2.05) is 24.3 Å². The molecule has 0 spiro atoms. The van der Waals surface area contributed by atoms with Crippen molar-refractivity contribution in [1.82, 2.24) is 4.90 Å². The van der Waals surface area contributed by atoms with Gasteiger partial charge >= 0.3 is 0 Å². The number of benzene rings is 2. The molecular weight excluding hydrogens is 424 g/mol. The summed E-state index contributed by atoms with van der Waals surface area (Å²) in [6.07, 6.45) is 3.44. The van der Waals surface area contributed by atoms with Crippen LogP contribution in [0.2, 0.25) is 0 Å². The molecule has 1 fully saturated rings. The second-order valence-corrected chi connectivity index (χ2v) is 7.77. The van der Waals surface area contributed by atoms with Gasteiger partial charge in [-0.05, 0) is 35.9 Å². The van der Waals surface area contributed by atoms with Gasteiger partial charge in [-0.3, -0.25) is 19.8 Å². The highest BCUT2D eigenvalue weighted by atomic mass is 32.2. The summed E-state index contributed by atoms with van der Waals surface area (Å²) in [5.41, 5.74) is 0.880. The number of amides is 1. The molecule has 0 N–H and O–H groups in total. The summed E-state index contributed by atoms with van der Waals surface area (Å²) in [5, 5.41) is 10.6. The van der Waals surface area contributed by atoms with Gasteiger partial charge in [0.05, 0.1) is 9.83 Å². The van der Waals surface area contributed by atoms with Gasteiger partial charge in [0, 0.05) is 18.7 Å². The number of hydrogen-bond donors (Lipinski definition) is 0. The standard InChI is InChI=1S/C21H18N2O5S2/c1-2-11-22-20(24)19(30-21(22)29)14-15-3-7-17(8-4-15)27-12-13-28-18-9-5-16(6-10-18)23(25)26/h2-10,14H,1,11-13H2/b19-14-. The van der Waals surface area contributed by atoms with Gasteiger partial charge in [0.15, 0.2) is 0 Å². The quantitative estimate of drug-likeness (QED) is 0.142. The predicted octanol–water partition coefficient (Wildman–Crippen LogP) is 4.44. The van der Waals surface area contributed by atoms with Crippen molar-refractivity contribution in [3.8, 4) is 11.5 Å². The summed E-state index contributed by atoms with van der Waals surface area (Å²) < 4.78 is 11.7. The largest absolute Gasteiger partial charge is 0.490 e. The molecule has 2 aromatic carbocycles. The minimum Gasteiger partial charge on any atom is -0.490 e. The lowest BCUT2D eigenvalue weighted by molar-refractivity contribution is -0.384. The first-order valence-electron chi connectivity index (χ1n) is 8.94. The highest BCUT2D eigenvalue weighted by Gasteiger charge is 2.30. The van der Waals surface area contributed by atoms with Gasteiger partial charge in [-0.1, -0.05) is 42.2 Å². The van der Waals surface area contributed by atoms with E-state index in [1.54, 1.807) is 24.3 Å². The van der Waals surface area contributed by atoms with E-state index in [9.17, 15) is 14.9 Å². The van der Waals surface area contributed by atoms with Gasteiger partial charge in [-0.15, -0.1) is 6.58 Å². The maximum absolute atomic E-state index is 12.4. The summed E-state index contributed by atoms with van der Waals surface area (Å²) >= 11 is 6.50. The molecule has 0 aliphatic carbocycles. The molecule has 30 heavy (non-hydrogen) atoms. The van der Waals surface area contributed by atoms with Crippen LogP contribution in [0.3, 0.4) is 0 Å². The molecule has 1 heterocycles. The van der Waals surface area contributed by atoms with E-state index >= 15 is 0 Å². The molecule has 0 radical (unpaired) electrons. The predicted molar refractivity (Wildman–Crippen MR) is 121 cm³/mol. The van der Waals surface area contributed by atoms with Gasteiger partial charge in [0.25, 0.3) is 11.6 Å². The Morgan fingerprint density at radius 3 is 2.17 bits per heavy atom. The average molecular weight is 443 g/mol. The van der Waals surface area contributed by atoms with E-state index in [1.165, 1.54) is 28.8 Å². The molecule has 1 aliphatic rings. The summed E-state index contributed by atoms with van der Waals surface area (Å²) in [7, 11) is 0. The van der Waals surface area contributed by atoms with Gasteiger partial charge in [0.1, 0.15) is 29.0 Å². The average Bonchev–Trinajstić information content (AvgIpc) is 3.00. The summed E-state index contributed by atoms with van der Waals surface area (Å²) in [6, 6.07) is 13.2. The number of carbonyl (C=O) groups is 1. The van der Waals surface area contributed by atoms with Crippen LogP contribution in [0.4, 0.5) is 5.69 Å². The fraction of sp³-hybridized carbons (Fsp3) is 0.143. The summed E-state index contributed by atoms with van der Waals surface area (Å²) in [5.74, 6) is 1.08. The van der Waals surface area contributed by atoms with Gasteiger partial charge in [-0.2, -0.15) is 0 Å². The Kier molecular flexibility index (Phi) is 7.21. The minimum absolute atomic E-state index is 0.0154. The molecule has 9 heteroatoms. The highest BCUT2D eigenvalue weighted by Crippen LogP contribution is 2.32. The van der Waals surface area contributed by atoms with Gasteiger partial charge < -0.3 is 9.47 Å². The fourth-order valence-corrected chi connectivity index (χ4v) is 3.86. The second kappa shape index (κ2) is 10.0. The number of hydrogen-bond acceptors (Lipinski definition) is 7.